The average molecular weight is 579 g/mol. The Morgan fingerprint density at radius 3 is 1.23 bits per heavy atom. The molecule has 0 atom stereocenters. The van der Waals surface area contributed by atoms with Gasteiger partial charge in [-0.2, -0.15) is 0 Å². The van der Waals surface area contributed by atoms with Crippen LogP contribution in [-0.2, 0) is 32.1 Å². The first kappa shape index (κ1) is 32.5. The topological polar surface area (TPSA) is 27.7 Å². The first-order valence-corrected chi connectivity index (χ1v) is 15.6. The van der Waals surface area contributed by atoms with E-state index in [-0.39, 0.29) is 10.8 Å². The fourth-order valence-corrected chi connectivity index (χ4v) is 5.69. The molecule has 3 nitrogen and oxygen atoms in total. The molecule has 4 aromatic rings. The molecule has 0 bridgehead atoms. The van der Waals surface area contributed by atoms with Crippen molar-refractivity contribution in [3.8, 4) is 5.75 Å². The second-order valence-electron chi connectivity index (χ2n) is 13.4. The Hall–Kier alpha value is -3.40. The fourth-order valence-electron chi connectivity index (χ4n) is 5.69. The summed E-state index contributed by atoms with van der Waals surface area (Å²) in [7, 11) is 1.68. The first-order chi connectivity index (χ1) is 20.5. The molecule has 3 heteroatoms. The van der Waals surface area contributed by atoms with Crippen LogP contribution in [0.4, 0.5) is 0 Å². The van der Waals surface area contributed by atoms with Crippen LogP contribution in [0, 0.1) is 0 Å². The van der Waals surface area contributed by atoms with E-state index in [4.69, 9.17) is 14.2 Å². The number of aryl methyl sites for hydroxylation is 1. The Kier molecular flexibility index (Phi) is 10.5. The molecule has 0 heterocycles. The third kappa shape index (κ3) is 7.58. The molecule has 0 spiro atoms. The Morgan fingerprint density at radius 1 is 0.465 bits per heavy atom. The number of methoxy groups -OCH3 is 1. The second kappa shape index (κ2) is 13.9. The lowest BCUT2D eigenvalue weighted by Gasteiger charge is -2.38. The van der Waals surface area contributed by atoms with Gasteiger partial charge in [-0.3, -0.25) is 0 Å². The zero-order chi connectivity index (χ0) is 31.1. The van der Waals surface area contributed by atoms with Crippen molar-refractivity contribution in [3.05, 3.63) is 136 Å². The molecule has 0 aromatic heterocycles. The summed E-state index contributed by atoms with van der Waals surface area (Å²) in [6.45, 7) is 18.0. The van der Waals surface area contributed by atoms with Crippen LogP contribution < -0.4 is 4.74 Å². The largest absolute Gasteiger partial charge is 0.491 e. The predicted octanol–water partition coefficient (Wildman–Crippen LogP) is 9.27. The quantitative estimate of drug-likeness (QED) is 0.124. The van der Waals surface area contributed by atoms with Crippen molar-refractivity contribution >= 4 is 0 Å². The van der Waals surface area contributed by atoms with Gasteiger partial charge in [0.15, 0.2) is 0 Å². The van der Waals surface area contributed by atoms with Gasteiger partial charge < -0.3 is 14.2 Å². The molecule has 0 unspecified atom stereocenters. The Bertz CT molecular complexity index is 1350. The van der Waals surface area contributed by atoms with Gasteiger partial charge in [-0.25, -0.2) is 0 Å². The number of hydrogen-bond donors (Lipinski definition) is 0. The summed E-state index contributed by atoms with van der Waals surface area (Å²) < 4.78 is 16.7. The summed E-state index contributed by atoms with van der Waals surface area (Å²) in [5, 5.41) is 0. The van der Waals surface area contributed by atoms with Crippen LogP contribution in [0.1, 0.15) is 87.4 Å². The molecule has 0 fully saturated rings. The molecule has 4 rings (SSSR count). The SMILES string of the molecule is CCc1ccc(C(c2ccc(OCCOCCOC)cc2)(c2ccc(C(C)(C)C)cc2)c2ccc(C(C)(C)C)cc2)cc1. The average Bonchev–Trinajstić information content (AvgIpc) is 3.00. The highest BCUT2D eigenvalue weighted by Gasteiger charge is 2.39. The van der Waals surface area contributed by atoms with Gasteiger partial charge >= 0.3 is 0 Å². The van der Waals surface area contributed by atoms with Gasteiger partial charge in [-0.05, 0) is 68.3 Å². The van der Waals surface area contributed by atoms with E-state index in [1.165, 1.54) is 38.9 Å². The van der Waals surface area contributed by atoms with Gasteiger partial charge in [0.2, 0.25) is 0 Å². The maximum absolute atomic E-state index is 6.04. The van der Waals surface area contributed by atoms with E-state index in [0.717, 1.165) is 12.2 Å². The number of ether oxygens (including phenoxy) is 3. The van der Waals surface area contributed by atoms with Crippen LogP contribution in [-0.4, -0.2) is 33.5 Å². The lowest BCUT2D eigenvalue weighted by molar-refractivity contribution is 0.0544. The summed E-state index contributed by atoms with van der Waals surface area (Å²) in [4.78, 5) is 0. The van der Waals surface area contributed by atoms with E-state index in [1.54, 1.807) is 7.11 Å². The third-order valence-electron chi connectivity index (χ3n) is 8.38. The Morgan fingerprint density at radius 2 is 0.837 bits per heavy atom. The maximum Gasteiger partial charge on any atom is 0.119 e. The Labute approximate surface area is 260 Å². The van der Waals surface area contributed by atoms with E-state index >= 15 is 0 Å². The molecular weight excluding hydrogens is 528 g/mol. The van der Waals surface area contributed by atoms with Crippen LogP contribution in [0.5, 0.6) is 5.75 Å². The van der Waals surface area contributed by atoms with Crippen LogP contribution >= 0.6 is 0 Å². The van der Waals surface area contributed by atoms with Crippen LogP contribution in [0.25, 0.3) is 0 Å². The zero-order valence-corrected chi connectivity index (χ0v) is 27.5. The third-order valence-corrected chi connectivity index (χ3v) is 8.38. The summed E-state index contributed by atoms with van der Waals surface area (Å²) >= 11 is 0. The zero-order valence-electron chi connectivity index (χ0n) is 27.5. The predicted molar refractivity (Wildman–Crippen MR) is 180 cm³/mol. The molecule has 0 aliphatic carbocycles. The fraction of sp³-hybridized carbons (Fsp3) is 0.400. The molecule has 4 aromatic carbocycles. The lowest BCUT2D eigenvalue weighted by Crippen LogP contribution is -2.31. The van der Waals surface area contributed by atoms with Gasteiger partial charge in [0.1, 0.15) is 12.4 Å². The van der Waals surface area contributed by atoms with Crippen molar-refractivity contribution in [1.82, 2.24) is 0 Å². The van der Waals surface area contributed by atoms with Gasteiger partial charge in [-0.15, -0.1) is 0 Å². The minimum absolute atomic E-state index is 0.0740. The van der Waals surface area contributed by atoms with Crippen LogP contribution in [0.2, 0.25) is 0 Å². The summed E-state index contributed by atoms with van der Waals surface area (Å²) in [6.07, 6.45) is 1.01. The van der Waals surface area contributed by atoms with Crippen molar-refractivity contribution in [3.63, 3.8) is 0 Å². The number of rotatable bonds is 12. The van der Waals surface area contributed by atoms with Gasteiger partial charge in [-0.1, -0.05) is 133 Å². The van der Waals surface area contributed by atoms with Crippen molar-refractivity contribution in [2.45, 2.75) is 71.1 Å². The molecule has 0 saturated heterocycles. The van der Waals surface area contributed by atoms with E-state index in [9.17, 15) is 0 Å². The van der Waals surface area contributed by atoms with Gasteiger partial charge in [0, 0.05) is 7.11 Å². The highest BCUT2D eigenvalue weighted by Crippen LogP contribution is 2.46. The van der Waals surface area contributed by atoms with E-state index in [2.05, 4.69) is 146 Å². The molecule has 0 N–H and O–H groups in total. The molecule has 0 amide bonds. The van der Waals surface area contributed by atoms with Crippen LogP contribution in [0.3, 0.4) is 0 Å². The highest BCUT2D eigenvalue weighted by atomic mass is 16.5. The number of benzene rings is 4. The molecule has 0 saturated carbocycles. The minimum Gasteiger partial charge on any atom is -0.491 e. The van der Waals surface area contributed by atoms with Gasteiger partial charge in [0.25, 0.3) is 0 Å². The van der Waals surface area contributed by atoms with Crippen molar-refractivity contribution < 1.29 is 14.2 Å². The standard InChI is InChI=1S/C40H50O3/c1-9-30-10-12-33(13-11-30)40(34-18-14-31(15-19-34)38(2,3)4,35-20-16-32(17-21-35)39(5,6)7)36-22-24-37(25-23-36)43-29-28-42-27-26-41-8/h10-25H,9,26-29H2,1-8H3. The summed E-state index contributed by atoms with van der Waals surface area (Å²) in [6, 6.07) is 36.3. The maximum atomic E-state index is 6.04. The number of hydrogen-bond acceptors (Lipinski definition) is 3. The molecular formula is C40H50O3. The van der Waals surface area contributed by atoms with Crippen LogP contribution in [0.15, 0.2) is 97.1 Å². The van der Waals surface area contributed by atoms with Crippen molar-refractivity contribution in [2.24, 2.45) is 0 Å². The second-order valence-corrected chi connectivity index (χ2v) is 13.4. The molecule has 0 aliphatic rings. The Balaban J connectivity index is 1.87. The van der Waals surface area contributed by atoms with Gasteiger partial charge in [0.05, 0.1) is 25.2 Å². The summed E-state index contributed by atoms with van der Waals surface area (Å²) in [5.41, 5.74) is 8.56. The minimum atomic E-state index is -0.513. The van der Waals surface area contributed by atoms with E-state index in [0.29, 0.717) is 26.4 Å². The highest BCUT2D eigenvalue weighted by molar-refractivity contribution is 5.61. The normalized spacial score (nSPS) is 12.4. The molecule has 0 aliphatic heterocycles. The lowest BCUT2D eigenvalue weighted by atomic mass is 9.64. The van der Waals surface area contributed by atoms with Crippen molar-refractivity contribution in [2.75, 3.05) is 33.5 Å². The van der Waals surface area contributed by atoms with Crippen molar-refractivity contribution in [1.29, 1.82) is 0 Å². The van der Waals surface area contributed by atoms with E-state index < -0.39 is 5.41 Å². The first-order valence-electron chi connectivity index (χ1n) is 15.6. The molecule has 228 valence electrons. The molecule has 0 radical (unpaired) electrons. The monoisotopic (exact) mass is 578 g/mol. The summed E-state index contributed by atoms with van der Waals surface area (Å²) in [5.74, 6) is 0.834. The smallest absolute Gasteiger partial charge is 0.119 e. The molecule has 43 heavy (non-hydrogen) atoms. The van der Waals surface area contributed by atoms with E-state index in [1.807, 2.05) is 0 Å².